The maximum Gasteiger partial charge on any atom is 0.0609 e. The first kappa shape index (κ1) is 27.3. The van der Waals surface area contributed by atoms with Crippen LogP contribution in [0.5, 0.6) is 0 Å². The van der Waals surface area contributed by atoms with Crippen molar-refractivity contribution in [2.75, 3.05) is 19.8 Å². The summed E-state index contributed by atoms with van der Waals surface area (Å²) in [6.45, 7) is 13.7. The Morgan fingerprint density at radius 1 is 0.800 bits per heavy atom. The molecule has 1 aromatic carbocycles. The summed E-state index contributed by atoms with van der Waals surface area (Å²) < 4.78 is 0. The summed E-state index contributed by atoms with van der Waals surface area (Å²) in [7, 11) is 0. The van der Waals surface area contributed by atoms with E-state index in [0.717, 1.165) is 5.56 Å². The standard InChI is InChI=1S/C7H7.3C3H6O.Ti/c1-7-5-3-2-4-6-7;3*1-2-3-4;/h2-6H,1H2;3*2,4H,1,3H2;/q-1;;;;. The van der Waals surface area contributed by atoms with Gasteiger partial charge in [-0.25, -0.2) is 0 Å². The zero-order chi connectivity index (χ0) is 15.4. The van der Waals surface area contributed by atoms with Crippen molar-refractivity contribution in [3.8, 4) is 0 Å². The smallest absolute Gasteiger partial charge is 0.0609 e. The molecule has 0 saturated carbocycles. The molecule has 0 spiro atoms. The Kier molecular flexibility index (Phi) is 41.9. The maximum atomic E-state index is 7.76. The number of aliphatic hydroxyl groups is 3. The van der Waals surface area contributed by atoms with Crippen molar-refractivity contribution in [2.24, 2.45) is 0 Å². The molecule has 3 N–H and O–H groups in total. The fourth-order valence-electron chi connectivity index (χ4n) is 0.478. The normalized spacial score (nSPS) is 6.75. The summed E-state index contributed by atoms with van der Waals surface area (Å²) in [4.78, 5) is 0. The zero-order valence-electron chi connectivity index (χ0n) is 11.9. The molecule has 0 heterocycles. The third-order valence-corrected chi connectivity index (χ3v) is 1.23. The van der Waals surface area contributed by atoms with Crippen molar-refractivity contribution in [2.45, 2.75) is 0 Å². The van der Waals surface area contributed by atoms with Gasteiger partial charge in [-0.3, -0.25) is 0 Å². The average Bonchev–Trinajstić information content (AvgIpc) is 2.48. The summed E-state index contributed by atoms with van der Waals surface area (Å²) >= 11 is 0. The Morgan fingerprint density at radius 3 is 1.15 bits per heavy atom. The third kappa shape index (κ3) is 43.6. The quantitative estimate of drug-likeness (QED) is 0.456. The molecule has 0 aliphatic heterocycles. The molecule has 0 bridgehead atoms. The van der Waals surface area contributed by atoms with Gasteiger partial charge in [0.15, 0.2) is 0 Å². The van der Waals surface area contributed by atoms with Crippen molar-refractivity contribution in [3.05, 3.63) is 80.8 Å². The van der Waals surface area contributed by atoms with E-state index in [1.165, 1.54) is 18.2 Å². The molecule has 112 valence electrons. The van der Waals surface area contributed by atoms with Gasteiger partial charge in [-0.15, -0.1) is 31.9 Å². The largest absolute Gasteiger partial charge is 0.392 e. The predicted molar refractivity (Wildman–Crippen MR) is 82.7 cm³/mol. The van der Waals surface area contributed by atoms with E-state index >= 15 is 0 Å². The molecular weight excluding hydrogens is 288 g/mol. The Morgan fingerprint density at radius 2 is 1.05 bits per heavy atom. The molecule has 0 atom stereocenters. The van der Waals surface area contributed by atoms with Crippen molar-refractivity contribution in [1.29, 1.82) is 0 Å². The summed E-state index contributed by atoms with van der Waals surface area (Å²) in [5.41, 5.74) is 1.07. The van der Waals surface area contributed by atoms with Gasteiger partial charge >= 0.3 is 0 Å². The Labute approximate surface area is 137 Å². The van der Waals surface area contributed by atoms with Gasteiger partial charge in [-0.2, -0.15) is 24.6 Å². The number of hydrogen-bond acceptors (Lipinski definition) is 3. The van der Waals surface area contributed by atoms with Crippen LogP contribution in [-0.2, 0) is 21.7 Å². The monoisotopic (exact) mass is 313 g/mol. The van der Waals surface area contributed by atoms with Crippen LogP contribution in [0.4, 0.5) is 0 Å². The first-order valence-electron chi connectivity index (χ1n) is 5.66. The van der Waals surface area contributed by atoms with Crippen molar-refractivity contribution in [3.63, 3.8) is 0 Å². The fourth-order valence-corrected chi connectivity index (χ4v) is 0.478. The minimum Gasteiger partial charge on any atom is -0.392 e. The van der Waals surface area contributed by atoms with Crippen LogP contribution in [0.25, 0.3) is 0 Å². The predicted octanol–water partition coefficient (Wildman–Crippen LogP) is 2.36. The average molecular weight is 313 g/mol. The zero-order valence-corrected chi connectivity index (χ0v) is 13.5. The van der Waals surface area contributed by atoms with Crippen LogP contribution in [0.1, 0.15) is 5.56 Å². The third-order valence-electron chi connectivity index (χ3n) is 1.23. The van der Waals surface area contributed by atoms with Crippen LogP contribution < -0.4 is 0 Å². The van der Waals surface area contributed by atoms with E-state index in [1.54, 1.807) is 0 Å². The van der Waals surface area contributed by atoms with Crippen LogP contribution in [0.3, 0.4) is 0 Å². The molecule has 1 rings (SSSR count). The van der Waals surface area contributed by atoms with E-state index in [0.29, 0.717) is 0 Å². The second-order valence-electron chi connectivity index (χ2n) is 2.90. The van der Waals surface area contributed by atoms with Crippen LogP contribution in [0, 0.1) is 6.92 Å². The summed E-state index contributed by atoms with van der Waals surface area (Å²) in [6.07, 6.45) is 4.29. The molecule has 0 fully saturated rings. The Bertz CT molecular complexity index is 268. The molecule has 0 radical (unpaired) electrons. The van der Waals surface area contributed by atoms with Gasteiger partial charge in [-0.1, -0.05) is 24.3 Å². The van der Waals surface area contributed by atoms with Gasteiger partial charge in [0.1, 0.15) is 0 Å². The van der Waals surface area contributed by atoms with Crippen molar-refractivity contribution in [1.82, 2.24) is 0 Å². The van der Waals surface area contributed by atoms with Crippen LogP contribution in [-0.4, -0.2) is 35.1 Å². The second kappa shape index (κ2) is 30.7. The van der Waals surface area contributed by atoms with Gasteiger partial charge in [0.2, 0.25) is 0 Å². The fraction of sp³-hybridized carbons (Fsp3) is 0.188. The first-order chi connectivity index (χ1) is 9.14. The minimum atomic E-state index is 0. The van der Waals surface area contributed by atoms with Gasteiger partial charge in [-0.05, 0) is 0 Å². The number of hydrogen-bond donors (Lipinski definition) is 3. The molecular formula is C16H25O3Ti-. The summed E-state index contributed by atoms with van der Waals surface area (Å²) in [5, 5.41) is 23.3. The van der Waals surface area contributed by atoms with Gasteiger partial charge in [0, 0.05) is 21.7 Å². The second-order valence-corrected chi connectivity index (χ2v) is 2.90. The van der Waals surface area contributed by atoms with Crippen molar-refractivity contribution < 1.29 is 37.0 Å². The maximum absolute atomic E-state index is 7.76. The number of aliphatic hydroxyl groups excluding tert-OH is 3. The van der Waals surface area contributed by atoms with Crippen LogP contribution in [0.15, 0.2) is 68.3 Å². The van der Waals surface area contributed by atoms with E-state index in [-0.39, 0.29) is 41.5 Å². The number of benzene rings is 1. The topological polar surface area (TPSA) is 60.7 Å². The number of rotatable bonds is 3. The first-order valence-corrected chi connectivity index (χ1v) is 5.66. The van der Waals surface area contributed by atoms with Crippen LogP contribution in [0.2, 0.25) is 0 Å². The molecule has 0 unspecified atom stereocenters. The molecule has 0 saturated heterocycles. The van der Waals surface area contributed by atoms with E-state index in [2.05, 4.69) is 26.7 Å². The van der Waals surface area contributed by atoms with Gasteiger partial charge in [0.05, 0.1) is 19.8 Å². The molecule has 0 amide bonds. The molecule has 20 heavy (non-hydrogen) atoms. The molecule has 0 aromatic heterocycles. The Balaban J connectivity index is -0.0000000881. The Hall–Kier alpha value is -1.10. The molecule has 0 aliphatic carbocycles. The molecule has 4 heteroatoms. The molecule has 0 aliphatic rings. The van der Waals surface area contributed by atoms with Gasteiger partial charge < -0.3 is 15.3 Å². The SMILES string of the molecule is C=CCO.C=CCO.C=CCO.[CH2-]c1ccccc1.[Ti]. The summed E-state index contributed by atoms with van der Waals surface area (Å²) in [5.74, 6) is 0. The van der Waals surface area contributed by atoms with Crippen molar-refractivity contribution >= 4 is 0 Å². The van der Waals surface area contributed by atoms with E-state index in [4.69, 9.17) is 15.3 Å². The summed E-state index contributed by atoms with van der Waals surface area (Å²) in [6, 6.07) is 9.87. The minimum absolute atomic E-state index is 0. The van der Waals surface area contributed by atoms with Crippen LogP contribution >= 0.6 is 0 Å². The van der Waals surface area contributed by atoms with Gasteiger partial charge in [0.25, 0.3) is 0 Å². The van der Waals surface area contributed by atoms with E-state index in [9.17, 15) is 0 Å². The van der Waals surface area contributed by atoms with E-state index < -0.39 is 0 Å². The van der Waals surface area contributed by atoms with E-state index in [1.807, 2.05) is 30.3 Å². The molecule has 1 aromatic rings. The molecule has 3 nitrogen and oxygen atoms in total.